The fourth-order valence-corrected chi connectivity index (χ4v) is 2.35. The largest absolute Gasteiger partial charge is 0.465 e. The molecule has 1 aromatic carbocycles. The van der Waals surface area contributed by atoms with Gasteiger partial charge in [-0.1, -0.05) is 6.07 Å². The molecule has 1 aliphatic heterocycles. The Morgan fingerprint density at radius 3 is 2.91 bits per heavy atom. The Bertz CT molecular complexity index is 687. The molecule has 0 spiro atoms. The van der Waals surface area contributed by atoms with Crippen LogP contribution in [0.2, 0.25) is 0 Å². The molecule has 23 heavy (non-hydrogen) atoms. The van der Waals surface area contributed by atoms with Crippen LogP contribution in [0.1, 0.15) is 10.4 Å². The summed E-state index contributed by atoms with van der Waals surface area (Å²) in [4.78, 5) is 22.5. The summed E-state index contributed by atoms with van der Waals surface area (Å²) in [7, 11) is 1.36. The van der Waals surface area contributed by atoms with Crippen LogP contribution in [0.3, 0.4) is 0 Å². The lowest BCUT2D eigenvalue weighted by Crippen LogP contribution is -2.36. The van der Waals surface area contributed by atoms with E-state index in [2.05, 4.69) is 20.2 Å². The number of hydrogen-bond donors (Lipinski definition) is 1. The number of esters is 1. The molecule has 0 amide bonds. The van der Waals surface area contributed by atoms with Gasteiger partial charge in [-0.05, 0) is 24.3 Å². The summed E-state index contributed by atoms with van der Waals surface area (Å²) in [6.45, 7) is 3.03. The van der Waals surface area contributed by atoms with E-state index < -0.39 is 0 Å². The first kappa shape index (κ1) is 15.2. The monoisotopic (exact) mass is 314 g/mol. The number of ether oxygens (including phenoxy) is 2. The summed E-state index contributed by atoms with van der Waals surface area (Å²) in [5, 5.41) is 3.11. The number of carbonyl (C=O) groups excluding carboxylic acids is 1. The Labute approximate surface area is 134 Å². The first-order valence-corrected chi connectivity index (χ1v) is 7.37. The number of morpholine rings is 1. The minimum atomic E-state index is -0.378. The highest BCUT2D eigenvalue weighted by molar-refractivity contribution is 5.90. The average Bonchev–Trinajstić information content (AvgIpc) is 2.62. The average molecular weight is 314 g/mol. The van der Waals surface area contributed by atoms with E-state index in [-0.39, 0.29) is 5.97 Å². The molecular weight excluding hydrogens is 296 g/mol. The van der Waals surface area contributed by atoms with E-state index in [0.29, 0.717) is 24.7 Å². The van der Waals surface area contributed by atoms with Gasteiger partial charge in [0.1, 0.15) is 5.82 Å². The van der Waals surface area contributed by atoms with Crippen LogP contribution in [-0.2, 0) is 9.47 Å². The lowest BCUT2D eigenvalue weighted by atomic mass is 10.2. The molecule has 0 bridgehead atoms. The second kappa shape index (κ2) is 7.06. The van der Waals surface area contributed by atoms with Crippen LogP contribution in [0.5, 0.6) is 0 Å². The number of nitrogens with one attached hydrogen (secondary N) is 1. The Morgan fingerprint density at radius 2 is 2.13 bits per heavy atom. The number of nitrogens with zero attached hydrogens (tertiary/aromatic N) is 3. The van der Waals surface area contributed by atoms with Crippen LogP contribution < -0.4 is 10.2 Å². The highest BCUT2D eigenvalue weighted by atomic mass is 16.5. The lowest BCUT2D eigenvalue weighted by molar-refractivity contribution is 0.0601. The van der Waals surface area contributed by atoms with Crippen molar-refractivity contribution in [2.45, 2.75) is 0 Å². The Balaban J connectivity index is 1.76. The molecule has 3 rings (SSSR count). The van der Waals surface area contributed by atoms with E-state index in [1.54, 1.807) is 24.4 Å². The highest BCUT2D eigenvalue weighted by Gasteiger charge is 2.13. The van der Waals surface area contributed by atoms with Crippen molar-refractivity contribution in [2.24, 2.45) is 0 Å². The van der Waals surface area contributed by atoms with E-state index >= 15 is 0 Å². The lowest BCUT2D eigenvalue weighted by Gasteiger charge is -2.27. The predicted molar refractivity (Wildman–Crippen MR) is 86.1 cm³/mol. The maximum Gasteiger partial charge on any atom is 0.337 e. The quantitative estimate of drug-likeness (QED) is 0.863. The number of rotatable bonds is 4. The molecule has 0 unspecified atom stereocenters. The first-order chi connectivity index (χ1) is 11.3. The zero-order valence-electron chi connectivity index (χ0n) is 12.9. The van der Waals surface area contributed by atoms with Crippen molar-refractivity contribution >= 4 is 23.4 Å². The summed E-state index contributed by atoms with van der Waals surface area (Å²) in [6.07, 6.45) is 1.71. The molecule has 1 aromatic heterocycles. The molecule has 1 aliphatic rings. The molecule has 1 fully saturated rings. The van der Waals surface area contributed by atoms with Crippen molar-refractivity contribution in [2.75, 3.05) is 43.6 Å². The van der Waals surface area contributed by atoms with Gasteiger partial charge in [0.25, 0.3) is 0 Å². The number of methoxy groups -OCH3 is 1. The molecule has 1 saturated heterocycles. The number of anilines is 3. The fourth-order valence-electron chi connectivity index (χ4n) is 2.35. The van der Waals surface area contributed by atoms with Crippen molar-refractivity contribution in [1.29, 1.82) is 0 Å². The van der Waals surface area contributed by atoms with E-state index in [1.165, 1.54) is 7.11 Å². The zero-order chi connectivity index (χ0) is 16.1. The molecule has 0 aliphatic carbocycles. The molecule has 1 N–H and O–H groups in total. The molecular formula is C16H18N4O3. The Kier molecular flexibility index (Phi) is 4.68. The van der Waals surface area contributed by atoms with Gasteiger partial charge in [-0.3, -0.25) is 0 Å². The summed E-state index contributed by atoms with van der Waals surface area (Å²) in [6, 6.07) is 8.90. The third kappa shape index (κ3) is 3.75. The maximum absolute atomic E-state index is 11.6. The Hall–Kier alpha value is -2.67. The molecule has 0 atom stereocenters. The van der Waals surface area contributed by atoms with Gasteiger partial charge in [0.05, 0.1) is 25.9 Å². The van der Waals surface area contributed by atoms with Crippen LogP contribution in [0.25, 0.3) is 0 Å². The molecule has 7 nitrogen and oxygen atoms in total. The van der Waals surface area contributed by atoms with Gasteiger partial charge in [-0.25, -0.2) is 9.78 Å². The van der Waals surface area contributed by atoms with Crippen LogP contribution in [0.4, 0.5) is 17.5 Å². The van der Waals surface area contributed by atoms with Crippen LogP contribution in [0, 0.1) is 0 Å². The smallest absolute Gasteiger partial charge is 0.337 e. The molecule has 0 saturated carbocycles. The van der Waals surface area contributed by atoms with Crippen LogP contribution >= 0.6 is 0 Å². The second-order valence-corrected chi connectivity index (χ2v) is 5.04. The molecule has 120 valence electrons. The first-order valence-electron chi connectivity index (χ1n) is 7.37. The van der Waals surface area contributed by atoms with Gasteiger partial charge in [0, 0.05) is 25.0 Å². The van der Waals surface area contributed by atoms with Gasteiger partial charge in [0.2, 0.25) is 5.95 Å². The van der Waals surface area contributed by atoms with E-state index in [0.717, 1.165) is 24.6 Å². The Morgan fingerprint density at radius 1 is 1.30 bits per heavy atom. The van der Waals surface area contributed by atoms with Gasteiger partial charge < -0.3 is 19.7 Å². The van der Waals surface area contributed by atoms with Gasteiger partial charge in [-0.2, -0.15) is 4.98 Å². The second-order valence-electron chi connectivity index (χ2n) is 5.04. The molecule has 7 heteroatoms. The van der Waals surface area contributed by atoms with Crippen molar-refractivity contribution in [3.63, 3.8) is 0 Å². The summed E-state index contributed by atoms with van der Waals surface area (Å²) in [5.41, 5.74) is 1.20. The fraction of sp³-hybridized carbons (Fsp3) is 0.312. The van der Waals surface area contributed by atoms with E-state index in [4.69, 9.17) is 9.47 Å². The minimum Gasteiger partial charge on any atom is -0.465 e. The SMILES string of the molecule is COC(=O)c1cccc(Nc2nccc(N3CCOCC3)n2)c1. The predicted octanol–water partition coefficient (Wildman–Crippen LogP) is 1.84. The molecule has 2 aromatic rings. The van der Waals surface area contributed by atoms with Crippen LogP contribution in [-0.4, -0.2) is 49.4 Å². The van der Waals surface area contributed by atoms with Crippen molar-refractivity contribution in [3.8, 4) is 0 Å². The number of carbonyl (C=O) groups is 1. The third-order valence-corrected chi connectivity index (χ3v) is 3.52. The number of hydrogen-bond acceptors (Lipinski definition) is 7. The summed E-state index contributed by atoms with van der Waals surface area (Å²) < 4.78 is 10.1. The third-order valence-electron chi connectivity index (χ3n) is 3.52. The molecule has 0 radical (unpaired) electrons. The highest BCUT2D eigenvalue weighted by Crippen LogP contribution is 2.18. The topological polar surface area (TPSA) is 76.6 Å². The van der Waals surface area contributed by atoms with Gasteiger partial charge >= 0.3 is 5.97 Å². The van der Waals surface area contributed by atoms with E-state index in [9.17, 15) is 4.79 Å². The minimum absolute atomic E-state index is 0.378. The van der Waals surface area contributed by atoms with E-state index in [1.807, 2.05) is 12.1 Å². The summed E-state index contributed by atoms with van der Waals surface area (Å²) >= 11 is 0. The van der Waals surface area contributed by atoms with Gasteiger partial charge in [0.15, 0.2) is 0 Å². The van der Waals surface area contributed by atoms with Crippen molar-refractivity contribution in [3.05, 3.63) is 42.1 Å². The summed E-state index contributed by atoms with van der Waals surface area (Å²) in [5.74, 6) is 0.961. The maximum atomic E-state index is 11.6. The standard InChI is InChI=1S/C16H18N4O3/c1-22-15(21)12-3-2-4-13(11-12)18-16-17-6-5-14(19-16)20-7-9-23-10-8-20/h2-6,11H,7-10H2,1H3,(H,17,18,19). The van der Waals surface area contributed by atoms with Gasteiger partial charge in [-0.15, -0.1) is 0 Å². The number of aromatic nitrogens is 2. The number of benzene rings is 1. The normalized spacial score (nSPS) is 14.4. The van der Waals surface area contributed by atoms with Crippen molar-refractivity contribution in [1.82, 2.24) is 9.97 Å². The van der Waals surface area contributed by atoms with Crippen LogP contribution in [0.15, 0.2) is 36.5 Å². The molecule has 2 heterocycles. The van der Waals surface area contributed by atoms with Crippen molar-refractivity contribution < 1.29 is 14.3 Å². The zero-order valence-corrected chi connectivity index (χ0v) is 12.9.